The number of ether oxygens (including phenoxy) is 1. The van der Waals surface area contributed by atoms with Crippen molar-refractivity contribution >= 4 is 5.97 Å². The van der Waals surface area contributed by atoms with Crippen LogP contribution in [0.15, 0.2) is 60.7 Å². The Bertz CT molecular complexity index is 645. The minimum Gasteiger partial charge on any atom is -0.480 e. The van der Waals surface area contributed by atoms with Crippen molar-refractivity contribution in [3.05, 3.63) is 71.8 Å². The summed E-state index contributed by atoms with van der Waals surface area (Å²) in [5, 5.41) is 9.62. The van der Waals surface area contributed by atoms with Crippen LogP contribution in [0.3, 0.4) is 0 Å². The van der Waals surface area contributed by atoms with E-state index in [-0.39, 0.29) is 12.1 Å². The maximum Gasteiger partial charge on any atom is 0.322 e. The molecule has 0 aromatic heterocycles. The molecule has 118 valence electrons. The number of carboxylic acids is 1. The standard InChI is InChI=1S/C19H19NO3/c21-19(22)18-17(15-11-23-12-15)20(18)16(13-7-3-1-4-8-13)14-9-5-2-6-10-14/h1-10,15-18H,11-12H2,(H,21,22)/t17-,18+,20?/m1/s1. The Morgan fingerprint density at radius 2 is 1.52 bits per heavy atom. The van der Waals surface area contributed by atoms with Crippen molar-refractivity contribution in [1.82, 2.24) is 4.90 Å². The lowest BCUT2D eigenvalue weighted by Gasteiger charge is -2.28. The molecule has 0 saturated carbocycles. The fourth-order valence-electron chi connectivity index (χ4n) is 3.63. The highest BCUT2D eigenvalue weighted by molar-refractivity contribution is 5.78. The Balaban J connectivity index is 1.72. The molecular weight excluding hydrogens is 290 g/mol. The van der Waals surface area contributed by atoms with E-state index in [1.165, 1.54) is 0 Å². The van der Waals surface area contributed by atoms with E-state index in [0.717, 1.165) is 11.1 Å². The van der Waals surface area contributed by atoms with Gasteiger partial charge in [-0.15, -0.1) is 0 Å². The summed E-state index contributed by atoms with van der Waals surface area (Å²) in [6, 6.07) is 19.9. The van der Waals surface area contributed by atoms with E-state index in [0.29, 0.717) is 19.1 Å². The van der Waals surface area contributed by atoms with Crippen molar-refractivity contribution < 1.29 is 14.6 Å². The van der Waals surface area contributed by atoms with Crippen molar-refractivity contribution in [2.45, 2.75) is 18.1 Å². The van der Waals surface area contributed by atoms with Gasteiger partial charge in [-0.25, -0.2) is 0 Å². The van der Waals surface area contributed by atoms with Gasteiger partial charge in [0.05, 0.1) is 19.3 Å². The monoisotopic (exact) mass is 309 g/mol. The summed E-state index contributed by atoms with van der Waals surface area (Å²) in [7, 11) is 0. The zero-order chi connectivity index (χ0) is 15.8. The summed E-state index contributed by atoms with van der Waals surface area (Å²) < 4.78 is 5.28. The molecule has 0 amide bonds. The Morgan fingerprint density at radius 3 is 1.91 bits per heavy atom. The largest absolute Gasteiger partial charge is 0.480 e. The SMILES string of the molecule is O=C(O)[C@@H]1[C@@H](C2COC2)N1C(c1ccccc1)c1ccccc1. The van der Waals surface area contributed by atoms with Crippen LogP contribution < -0.4 is 0 Å². The molecular formula is C19H19NO3. The molecule has 0 radical (unpaired) electrons. The van der Waals surface area contributed by atoms with Crippen LogP contribution in [0.4, 0.5) is 0 Å². The van der Waals surface area contributed by atoms with Crippen LogP contribution in [0.5, 0.6) is 0 Å². The van der Waals surface area contributed by atoms with Gasteiger partial charge in [-0.2, -0.15) is 0 Å². The quantitative estimate of drug-likeness (QED) is 0.863. The molecule has 23 heavy (non-hydrogen) atoms. The predicted molar refractivity (Wildman–Crippen MR) is 86.1 cm³/mol. The van der Waals surface area contributed by atoms with Crippen LogP contribution in [0, 0.1) is 5.92 Å². The first-order valence-electron chi connectivity index (χ1n) is 7.95. The zero-order valence-corrected chi connectivity index (χ0v) is 12.7. The lowest BCUT2D eigenvalue weighted by atomic mass is 9.97. The van der Waals surface area contributed by atoms with Gasteiger partial charge in [-0.3, -0.25) is 9.69 Å². The summed E-state index contributed by atoms with van der Waals surface area (Å²) in [6.07, 6.45) is 0. The van der Waals surface area contributed by atoms with E-state index in [2.05, 4.69) is 29.2 Å². The topological polar surface area (TPSA) is 49.5 Å². The molecule has 0 aliphatic carbocycles. The minimum absolute atomic E-state index is 0.0240. The van der Waals surface area contributed by atoms with Gasteiger partial charge in [0, 0.05) is 12.0 Å². The number of benzene rings is 2. The Hall–Kier alpha value is -2.17. The van der Waals surface area contributed by atoms with Gasteiger partial charge in [0.15, 0.2) is 0 Å². The number of rotatable bonds is 5. The first kappa shape index (κ1) is 14.4. The molecule has 4 nitrogen and oxygen atoms in total. The summed E-state index contributed by atoms with van der Waals surface area (Å²) in [5.74, 6) is -0.412. The summed E-state index contributed by atoms with van der Waals surface area (Å²) in [4.78, 5) is 13.8. The van der Waals surface area contributed by atoms with Crippen LogP contribution in [0.25, 0.3) is 0 Å². The van der Waals surface area contributed by atoms with Crippen molar-refractivity contribution in [2.75, 3.05) is 13.2 Å². The molecule has 2 aromatic rings. The van der Waals surface area contributed by atoms with Gasteiger partial charge in [0.25, 0.3) is 0 Å². The first-order valence-corrected chi connectivity index (χ1v) is 7.95. The van der Waals surface area contributed by atoms with Crippen molar-refractivity contribution in [1.29, 1.82) is 0 Å². The van der Waals surface area contributed by atoms with Gasteiger partial charge in [0.1, 0.15) is 6.04 Å². The van der Waals surface area contributed by atoms with E-state index in [1.54, 1.807) is 0 Å². The molecule has 0 bridgehead atoms. The molecule has 3 atom stereocenters. The third-order valence-electron chi connectivity index (χ3n) is 4.83. The Kier molecular flexibility index (Phi) is 3.63. The summed E-state index contributed by atoms with van der Waals surface area (Å²) in [6.45, 7) is 1.34. The molecule has 2 fully saturated rings. The fourth-order valence-corrected chi connectivity index (χ4v) is 3.63. The maximum atomic E-state index is 11.7. The van der Waals surface area contributed by atoms with Gasteiger partial charge >= 0.3 is 5.97 Å². The number of carbonyl (C=O) groups is 1. The van der Waals surface area contributed by atoms with E-state index >= 15 is 0 Å². The number of hydrogen-bond acceptors (Lipinski definition) is 3. The molecule has 2 aliphatic rings. The highest BCUT2D eigenvalue weighted by atomic mass is 16.5. The molecule has 2 heterocycles. The van der Waals surface area contributed by atoms with Crippen molar-refractivity contribution in [3.63, 3.8) is 0 Å². The van der Waals surface area contributed by atoms with Gasteiger partial charge < -0.3 is 9.84 Å². The lowest BCUT2D eigenvalue weighted by Crippen LogP contribution is -2.35. The van der Waals surface area contributed by atoms with Gasteiger partial charge in [-0.1, -0.05) is 60.7 Å². The zero-order valence-electron chi connectivity index (χ0n) is 12.7. The smallest absolute Gasteiger partial charge is 0.322 e. The molecule has 1 N–H and O–H groups in total. The van der Waals surface area contributed by atoms with E-state index in [4.69, 9.17) is 4.74 Å². The second kappa shape index (κ2) is 5.80. The van der Waals surface area contributed by atoms with Crippen LogP contribution in [0.1, 0.15) is 17.2 Å². The molecule has 4 heteroatoms. The third kappa shape index (κ3) is 2.54. The molecule has 1 unspecified atom stereocenters. The fraction of sp³-hybridized carbons (Fsp3) is 0.316. The third-order valence-corrected chi connectivity index (χ3v) is 4.83. The summed E-state index contributed by atoms with van der Waals surface area (Å²) in [5.41, 5.74) is 2.26. The number of nitrogens with zero attached hydrogens (tertiary/aromatic N) is 1. The highest BCUT2D eigenvalue weighted by Crippen LogP contribution is 2.47. The van der Waals surface area contributed by atoms with Gasteiger partial charge in [-0.05, 0) is 11.1 Å². The summed E-state index contributed by atoms with van der Waals surface area (Å²) >= 11 is 0. The molecule has 0 spiro atoms. The maximum absolute atomic E-state index is 11.7. The Morgan fingerprint density at radius 1 is 1.00 bits per heavy atom. The second-order valence-corrected chi connectivity index (χ2v) is 6.24. The predicted octanol–water partition coefficient (Wildman–Crippen LogP) is 2.56. The molecule has 4 rings (SSSR count). The van der Waals surface area contributed by atoms with E-state index < -0.39 is 12.0 Å². The van der Waals surface area contributed by atoms with Crippen LogP contribution >= 0.6 is 0 Å². The minimum atomic E-state index is -0.737. The van der Waals surface area contributed by atoms with Crippen LogP contribution in [-0.4, -0.2) is 41.3 Å². The van der Waals surface area contributed by atoms with Crippen LogP contribution in [-0.2, 0) is 9.53 Å². The number of hydrogen-bond donors (Lipinski definition) is 1. The average Bonchev–Trinajstić information content (AvgIpc) is 3.23. The van der Waals surface area contributed by atoms with E-state index in [9.17, 15) is 9.90 Å². The van der Waals surface area contributed by atoms with Crippen molar-refractivity contribution in [2.24, 2.45) is 5.92 Å². The number of aliphatic carboxylic acids is 1. The van der Waals surface area contributed by atoms with E-state index in [1.807, 2.05) is 36.4 Å². The second-order valence-electron chi connectivity index (χ2n) is 6.24. The van der Waals surface area contributed by atoms with Crippen molar-refractivity contribution in [3.8, 4) is 0 Å². The average molecular weight is 309 g/mol. The molecule has 2 aromatic carbocycles. The Labute approximate surface area is 135 Å². The lowest BCUT2D eigenvalue weighted by molar-refractivity contribution is -0.137. The van der Waals surface area contributed by atoms with Gasteiger partial charge in [0.2, 0.25) is 0 Å². The first-order chi connectivity index (χ1) is 11.3. The van der Waals surface area contributed by atoms with Crippen LogP contribution in [0.2, 0.25) is 0 Å². The highest BCUT2D eigenvalue weighted by Gasteiger charge is 2.60. The molecule has 2 saturated heterocycles. The normalized spacial score (nSPS) is 26.7. The number of carboxylic acid groups (broad SMARTS) is 1. The molecule has 2 aliphatic heterocycles.